The first-order valence-electron chi connectivity index (χ1n) is 8.27. The van der Waals surface area contributed by atoms with Crippen molar-refractivity contribution < 1.29 is 8.42 Å². The number of hydrogen-bond acceptors (Lipinski definition) is 4. The molecule has 0 aromatic rings. The Morgan fingerprint density at radius 2 is 1.73 bits per heavy atom. The Bertz CT molecular complexity index is 448. The number of piperazine rings is 1. The SMILES string of the molecule is CC1CCCN(S(=O)(=O)N2CCN(C3CCNC3)CC2)C1.Cl. The average molecular weight is 353 g/mol. The Morgan fingerprint density at radius 3 is 2.32 bits per heavy atom. The lowest BCUT2D eigenvalue weighted by Gasteiger charge is -2.40. The summed E-state index contributed by atoms with van der Waals surface area (Å²) in [5.41, 5.74) is 0. The monoisotopic (exact) mass is 352 g/mol. The molecule has 3 rings (SSSR count). The molecular formula is C14H29ClN4O2S. The lowest BCUT2D eigenvalue weighted by atomic mass is 10.0. The van der Waals surface area contributed by atoms with E-state index in [1.54, 1.807) is 8.61 Å². The third-order valence-electron chi connectivity index (χ3n) is 5.10. The van der Waals surface area contributed by atoms with Crippen molar-refractivity contribution in [3.63, 3.8) is 0 Å². The van der Waals surface area contributed by atoms with Crippen molar-refractivity contribution in [3.8, 4) is 0 Å². The van der Waals surface area contributed by atoms with Crippen LogP contribution in [0.25, 0.3) is 0 Å². The van der Waals surface area contributed by atoms with E-state index in [9.17, 15) is 8.42 Å². The third-order valence-corrected chi connectivity index (χ3v) is 7.10. The van der Waals surface area contributed by atoms with E-state index in [2.05, 4.69) is 17.1 Å². The number of nitrogens with zero attached hydrogens (tertiary/aromatic N) is 3. The van der Waals surface area contributed by atoms with Crippen LogP contribution in [0.5, 0.6) is 0 Å². The second-order valence-corrected chi connectivity index (χ2v) is 8.62. The minimum absolute atomic E-state index is 0. The molecule has 0 amide bonds. The predicted octanol–water partition coefficient (Wildman–Crippen LogP) is 0.364. The van der Waals surface area contributed by atoms with Crippen molar-refractivity contribution in [3.05, 3.63) is 0 Å². The van der Waals surface area contributed by atoms with Gasteiger partial charge in [0.15, 0.2) is 0 Å². The van der Waals surface area contributed by atoms with Crippen LogP contribution in [0, 0.1) is 5.92 Å². The number of piperidine rings is 1. The third kappa shape index (κ3) is 3.94. The molecule has 0 aliphatic carbocycles. The van der Waals surface area contributed by atoms with E-state index in [1.165, 1.54) is 6.42 Å². The zero-order chi connectivity index (χ0) is 14.9. The Hall–Kier alpha value is 0.0800. The van der Waals surface area contributed by atoms with E-state index in [0.717, 1.165) is 39.0 Å². The highest BCUT2D eigenvalue weighted by atomic mass is 35.5. The first kappa shape index (κ1) is 18.4. The van der Waals surface area contributed by atoms with Gasteiger partial charge in [-0.15, -0.1) is 12.4 Å². The summed E-state index contributed by atoms with van der Waals surface area (Å²) < 4.78 is 28.9. The van der Waals surface area contributed by atoms with Gasteiger partial charge in [0.2, 0.25) is 0 Å². The maximum atomic E-state index is 12.7. The summed E-state index contributed by atoms with van der Waals surface area (Å²) in [5.74, 6) is 0.486. The standard InChI is InChI=1S/C14H28N4O2S.ClH/c1-13-3-2-6-18(12-13)21(19,20)17-9-7-16(8-10-17)14-4-5-15-11-14;/h13-15H,2-12H2,1H3;1H. The molecule has 2 atom stereocenters. The zero-order valence-corrected chi connectivity index (χ0v) is 15.0. The molecule has 0 aromatic carbocycles. The molecule has 0 radical (unpaired) electrons. The highest BCUT2D eigenvalue weighted by molar-refractivity contribution is 7.86. The number of nitrogens with one attached hydrogen (secondary N) is 1. The molecule has 3 aliphatic rings. The van der Waals surface area contributed by atoms with E-state index in [1.807, 2.05) is 0 Å². The smallest absolute Gasteiger partial charge is 0.282 e. The van der Waals surface area contributed by atoms with Gasteiger partial charge in [0, 0.05) is 51.9 Å². The van der Waals surface area contributed by atoms with Crippen molar-refractivity contribution in [2.75, 3.05) is 52.4 Å². The zero-order valence-electron chi connectivity index (χ0n) is 13.4. The van der Waals surface area contributed by atoms with Crippen molar-refractivity contribution in [2.45, 2.75) is 32.2 Å². The molecule has 3 aliphatic heterocycles. The van der Waals surface area contributed by atoms with Gasteiger partial charge < -0.3 is 5.32 Å². The number of halogens is 1. The van der Waals surface area contributed by atoms with Gasteiger partial charge in [0.05, 0.1) is 0 Å². The highest BCUT2D eigenvalue weighted by Crippen LogP contribution is 2.22. The first-order chi connectivity index (χ1) is 10.1. The Morgan fingerprint density at radius 1 is 1.00 bits per heavy atom. The van der Waals surface area contributed by atoms with Crippen LogP contribution in [0.1, 0.15) is 26.2 Å². The molecule has 22 heavy (non-hydrogen) atoms. The summed E-state index contributed by atoms with van der Waals surface area (Å²) in [6.45, 7) is 8.70. The summed E-state index contributed by atoms with van der Waals surface area (Å²) in [4.78, 5) is 2.45. The predicted molar refractivity (Wildman–Crippen MR) is 90.6 cm³/mol. The molecule has 3 heterocycles. The van der Waals surface area contributed by atoms with Gasteiger partial charge in [-0.25, -0.2) is 0 Å². The Labute approximate surface area is 140 Å². The topological polar surface area (TPSA) is 55.9 Å². The molecule has 0 aromatic heterocycles. The van der Waals surface area contributed by atoms with E-state index in [-0.39, 0.29) is 12.4 Å². The number of rotatable bonds is 3. The van der Waals surface area contributed by atoms with Crippen LogP contribution in [0.3, 0.4) is 0 Å². The molecule has 3 fully saturated rings. The minimum Gasteiger partial charge on any atom is -0.315 e. The lowest BCUT2D eigenvalue weighted by Crippen LogP contribution is -2.56. The van der Waals surface area contributed by atoms with E-state index in [0.29, 0.717) is 38.1 Å². The van der Waals surface area contributed by atoms with Crippen molar-refractivity contribution in [1.82, 2.24) is 18.8 Å². The van der Waals surface area contributed by atoms with Crippen LogP contribution >= 0.6 is 12.4 Å². The summed E-state index contributed by atoms with van der Waals surface area (Å²) in [5, 5.41) is 3.39. The molecule has 0 saturated carbocycles. The van der Waals surface area contributed by atoms with Crippen molar-refractivity contribution in [2.24, 2.45) is 5.92 Å². The largest absolute Gasteiger partial charge is 0.315 e. The van der Waals surface area contributed by atoms with Crippen LogP contribution in [0.4, 0.5) is 0 Å². The lowest BCUT2D eigenvalue weighted by molar-refractivity contribution is 0.138. The quantitative estimate of drug-likeness (QED) is 0.797. The van der Waals surface area contributed by atoms with Crippen LogP contribution in [0.15, 0.2) is 0 Å². The molecule has 3 saturated heterocycles. The molecule has 130 valence electrons. The molecule has 0 spiro atoms. The van der Waals surface area contributed by atoms with E-state index in [4.69, 9.17) is 0 Å². The molecular weight excluding hydrogens is 324 g/mol. The van der Waals surface area contributed by atoms with Crippen LogP contribution in [-0.2, 0) is 10.2 Å². The maximum absolute atomic E-state index is 12.7. The average Bonchev–Trinajstić information content (AvgIpc) is 3.02. The summed E-state index contributed by atoms with van der Waals surface area (Å²) in [7, 11) is -3.24. The van der Waals surface area contributed by atoms with Gasteiger partial charge in [-0.05, 0) is 31.7 Å². The molecule has 8 heteroatoms. The van der Waals surface area contributed by atoms with Gasteiger partial charge in [0.1, 0.15) is 0 Å². The summed E-state index contributed by atoms with van der Waals surface area (Å²) >= 11 is 0. The Kier molecular flexibility index (Phi) is 6.50. The summed E-state index contributed by atoms with van der Waals surface area (Å²) in [6, 6.07) is 0.602. The fraction of sp³-hybridized carbons (Fsp3) is 1.00. The number of hydrogen-bond donors (Lipinski definition) is 1. The van der Waals surface area contributed by atoms with Crippen LogP contribution in [-0.4, -0.2) is 80.3 Å². The van der Waals surface area contributed by atoms with Crippen LogP contribution < -0.4 is 5.32 Å². The van der Waals surface area contributed by atoms with Crippen molar-refractivity contribution >= 4 is 22.6 Å². The fourth-order valence-corrected chi connectivity index (χ4v) is 5.52. The van der Waals surface area contributed by atoms with Gasteiger partial charge >= 0.3 is 0 Å². The summed E-state index contributed by atoms with van der Waals surface area (Å²) in [6.07, 6.45) is 3.33. The molecule has 0 bridgehead atoms. The van der Waals surface area contributed by atoms with E-state index >= 15 is 0 Å². The normalized spacial score (nSPS) is 32.8. The minimum atomic E-state index is -3.24. The molecule has 2 unspecified atom stereocenters. The molecule has 6 nitrogen and oxygen atoms in total. The second-order valence-electron chi connectivity index (χ2n) is 6.69. The molecule has 1 N–H and O–H groups in total. The fourth-order valence-electron chi connectivity index (χ4n) is 3.77. The Balaban J connectivity index is 0.00000176. The van der Waals surface area contributed by atoms with Gasteiger partial charge in [0.25, 0.3) is 10.2 Å². The maximum Gasteiger partial charge on any atom is 0.282 e. The first-order valence-corrected chi connectivity index (χ1v) is 9.67. The van der Waals surface area contributed by atoms with Crippen LogP contribution in [0.2, 0.25) is 0 Å². The van der Waals surface area contributed by atoms with Gasteiger partial charge in [-0.3, -0.25) is 4.90 Å². The van der Waals surface area contributed by atoms with Gasteiger partial charge in [-0.1, -0.05) is 6.92 Å². The van der Waals surface area contributed by atoms with E-state index < -0.39 is 10.2 Å². The highest BCUT2D eigenvalue weighted by Gasteiger charge is 2.35. The van der Waals surface area contributed by atoms with Crippen molar-refractivity contribution in [1.29, 1.82) is 0 Å². The second kappa shape index (κ2) is 7.77. The van der Waals surface area contributed by atoms with Gasteiger partial charge in [-0.2, -0.15) is 17.0 Å².